The molecular weight excluding hydrogens is 308 g/mol. The van der Waals surface area contributed by atoms with Gasteiger partial charge in [-0.25, -0.2) is 4.39 Å². The van der Waals surface area contributed by atoms with Crippen molar-refractivity contribution in [3.8, 4) is 0 Å². The Hall–Kier alpha value is -1.10. The molecule has 0 saturated heterocycles. The van der Waals surface area contributed by atoms with Crippen LogP contribution in [0.5, 0.6) is 0 Å². The van der Waals surface area contributed by atoms with E-state index in [1.165, 1.54) is 18.2 Å². The maximum atomic E-state index is 13.0. The van der Waals surface area contributed by atoms with E-state index >= 15 is 0 Å². The molecule has 1 fully saturated rings. The molecular formula is C15H15ClF4O. The van der Waals surface area contributed by atoms with Gasteiger partial charge in [-0.15, -0.1) is 0 Å². The quantitative estimate of drug-likeness (QED) is 0.719. The number of alkyl halides is 3. The number of halogens is 5. The minimum Gasteiger partial charge on any atom is -0.299 e. The Kier molecular flexibility index (Phi) is 4.91. The van der Waals surface area contributed by atoms with Gasteiger partial charge in [-0.05, 0) is 43.4 Å². The van der Waals surface area contributed by atoms with Crippen LogP contribution in [0.2, 0.25) is 5.02 Å². The fourth-order valence-corrected chi connectivity index (χ4v) is 2.94. The molecule has 1 aliphatic carbocycles. The van der Waals surface area contributed by atoms with Crippen LogP contribution in [-0.2, 0) is 11.2 Å². The Morgan fingerprint density at radius 2 is 1.81 bits per heavy atom. The molecule has 1 saturated carbocycles. The van der Waals surface area contributed by atoms with Gasteiger partial charge in [0.1, 0.15) is 11.6 Å². The molecule has 0 aliphatic heterocycles. The van der Waals surface area contributed by atoms with E-state index in [1.54, 1.807) is 0 Å². The molecule has 1 aromatic carbocycles. The lowest BCUT2D eigenvalue weighted by molar-refractivity contribution is -0.184. The Bertz CT molecular complexity index is 519. The zero-order valence-electron chi connectivity index (χ0n) is 11.2. The third-order valence-corrected chi connectivity index (χ3v) is 4.30. The SMILES string of the molecule is O=C(Cc1ccc(F)c(Cl)c1)C1CCC(C(F)(F)F)CC1. The van der Waals surface area contributed by atoms with E-state index in [1.807, 2.05) is 0 Å². The van der Waals surface area contributed by atoms with Crippen LogP contribution in [0.4, 0.5) is 17.6 Å². The lowest BCUT2D eigenvalue weighted by Crippen LogP contribution is -2.30. The van der Waals surface area contributed by atoms with Gasteiger partial charge in [-0.2, -0.15) is 13.2 Å². The van der Waals surface area contributed by atoms with Gasteiger partial charge in [-0.1, -0.05) is 17.7 Å². The van der Waals surface area contributed by atoms with Crippen molar-refractivity contribution in [2.75, 3.05) is 0 Å². The predicted octanol–water partition coefficient (Wildman–Crippen LogP) is 4.96. The molecule has 0 radical (unpaired) electrons. The predicted molar refractivity (Wildman–Crippen MR) is 71.6 cm³/mol. The van der Waals surface area contributed by atoms with Crippen molar-refractivity contribution in [3.05, 3.63) is 34.6 Å². The average Bonchev–Trinajstić information content (AvgIpc) is 2.42. The summed E-state index contributed by atoms with van der Waals surface area (Å²) in [6, 6.07) is 4.04. The maximum Gasteiger partial charge on any atom is 0.391 e. The van der Waals surface area contributed by atoms with E-state index in [0.29, 0.717) is 5.56 Å². The van der Waals surface area contributed by atoms with E-state index in [4.69, 9.17) is 11.6 Å². The van der Waals surface area contributed by atoms with Crippen molar-refractivity contribution in [3.63, 3.8) is 0 Å². The van der Waals surface area contributed by atoms with Gasteiger partial charge in [0.2, 0.25) is 0 Å². The number of hydrogen-bond acceptors (Lipinski definition) is 1. The summed E-state index contributed by atoms with van der Waals surface area (Å²) < 4.78 is 50.7. The van der Waals surface area contributed by atoms with E-state index in [-0.39, 0.29) is 48.8 Å². The van der Waals surface area contributed by atoms with E-state index in [2.05, 4.69) is 0 Å². The fourth-order valence-electron chi connectivity index (χ4n) is 2.74. The number of Topliss-reactive ketones (excluding diaryl/α,β-unsaturated/α-hetero) is 1. The summed E-state index contributed by atoms with van der Waals surface area (Å²) in [5.74, 6) is -2.29. The summed E-state index contributed by atoms with van der Waals surface area (Å²) in [6.45, 7) is 0. The lowest BCUT2D eigenvalue weighted by Gasteiger charge is -2.29. The number of carbonyl (C=O) groups excluding carboxylic acids is 1. The van der Waals surface area contributed by atoms with Gasteiger partial charge in [0.25, 0.3) is 0 Å². The molecule has 0 spiro atoms. The molecule has 1 aliphatic rings. The minimum atomic E-state index is -4.17. The Labute approximate surface area is 125 Å². The van der Waals surface area contributed by atoms with Crippen molar-refractivity contribution in [1.29, 1.82) is 0 Å². The number of carbonyl (C=O) groups is 1. The van der Waals surface area contributed by atoms with Crippen molar-refractivity contribution in [1.82, 2.24) is 0 Å². The summed E-state index contributed by atoms with van der Waals surface area (Å²) in [6.07, 6.45) is -3.55. The summed E-state index contributed by atoms with van der Waals surface area (Å²) in [4.78, 5) is 12.1. The molecule has 116 valence electrons. The van der Waals surface area contributed by atoms with Crippen LogP contribution in [0, 0.1) is 17.7 Å². The molecule has 0 heterocycles. The number of hydrogen-bond donors (Lipinski definition) is 0. The average molecular weight is 323 g/mol. The summed E-state index contributed by atoms with van der Waals surface area (Å²) in [5, 5.41) is -0.0546. The van der Waals surface area contributed by atoms with Gasteiger partial charge >= 0.3 is 6.18 Å². The highest BCUT2D eigenvalue weighted by atomic mass is 35.5. The first-order chi connectivity index (χ1) is 9.77. The molecule has 0 atom stereocenters. The van der Waals surface area contributed by atoms with Crippen LogP contribution in [0.3, 0.4) is 0 Å². The molecule has 21 heavy (non-hydrogen) atoms. The Morgan fingerprint density at radius 3 is 2.33 bits per heavy atom. The first kappa shape index (κ1) is 16.3. The highest BCUT2D eigenvalue weighted by Crippen LogP contribution is 2.40. The molecule has 0 amide bonds. The second-order valence-electron chi connectivity index (χ2n) is 5.48. The van der Waals surface area contributed by atoms with Gasteiger partial charge in [0, 0.05) is 12.3 Å². The normalized spacial score (nSPS) is 23.1. The molecule has 0 bridgehead atoms. The number of rotatable bonds is 3. The van der Waals surface area contributed by atoms with Crippen LogP contribution in [0.1, 0.15) is 31.2 Å². The standard InChI is InChI=1S/C15H15ClF4O/c16-12-7-9(1-6-13(12)17)8-14(21)10-2-4-11(5-3-10)15(18,19)20/h1,6-7,10-11H,2-5,8H2. The van der Waals surface area contributed by atoms with Crippen molar-refractivity contribution in [2.45, 2.75) is 38.3 Å². The first-order valence-electron chi connectivity index (χ1n) is 6.80. The van der Waals surface area contributed by atoms with Crippen molar-refractivity contribution < 1.29 is 22.4 Å². The monoisotopic (exact) mass is 322 g/mol. The van der Waals surface area contributed by atoms with E-state index < -0.39 is 17.9 Å². The summed E-state index contributed by atoms with van der Waals surface area (Å²) in [7, 11) is 0. The van der Waals surface area contributed by atoms with Gasteiger partial charge in [0.05, 0.1) is 10.9 Å². The van der Waals surface area contributed by atoms with Crippen LogP contribution >= 0.6 is 11.6 Å². The van der Waals surface area contributed by atoms with Gasteiger partial charge in [0.15, 0.2) is 0 Å². The van der Waals surface area contributed by atoms with Crippen LogP contribution in [0.15, 0.2) is 18.2 Å². The third kappa shape index (κ3) is 4.19. The molecule has 1 nitrogen and oxygen atoms in total. The Balaban J connectivity index is 1.92. The largest absolute Gasteiger partial charge is 0.391 e. The highest BCUT2D eigenvalue weighted by Gasteiger charge is 2.42. The first-order valence-corrected chi connectivity index (χ1v) is 7.18. The zero-order valence-corrected chi connectivity index (χ0v) is 12.0. The van der Waals surface area contributed by atoms with Crippen molar-refractivity contribution in [2.24, 2.45) is 11.8 Å². The fraction of sp³-hybridized carbons (Fsp3) is 0.533. The van der Waals surface area contributed by atoms with Gasteiger partial charge < -0.3 is 0 Å². The third-order valence-electron chi connectivity index (χ3n) is 4.01. The molecule has 1 aromatic rings. The molecule has 0 unspecified atom stereocenters. The molecule has 2 rings (SSSR count). The van der Waals surface area contributed by atoms with Crippen LogP contribution in [-0.4, -0.2) is 12.0 Å². The number of ketones is 1. The summed E-state index contributed by atoms with van der Waals surface area (Å²) in [5.41, 5.74) is 0.587. The zero-order chi connectivity index (χ0) is 15.6. The maximum absolute atomic E-state index is 13.0. The molecule has 0 N–H and O–H groups in total. The van der Waals surface area contributed by atoms with E-state index in [0.717, 1.165) is 0 Å². The lowest BCUT2D eigenvalue weighted by atomic mass is 9.78. The molecule has 6 heteroatoms. The number of benzene rings is 1. The van der Waals surface area contributed by atoms with Crippen LogP contribution < -0.4 is 0 Å². The van der Waals surface area contributed by atoms with Crippen LogP contribution in [0.25, 0.3) is 0 Å². The second kappa shape index (κ2) is 6.34. The minimum absolute atomic E-state index is 0.00405. The molecule has 0 aromatic heterocycles. The highest BCUT2D eigenvalue weighted by molar-refractivity contribution is 6.30. The van der Waals surface area contributed by atoms with E-state index in [9.17, 15) is 22.4 Å². The topological polar surface area (TPSA) is 17.1 Å². The second-order valence-corrected chi connectivity index (χ2v) is 5.89. The smallest absolute Gasteiger partial charge is 0.299 e. The van der Waals surface area contributed by atoms with Gasteiger partial charge in [-0.3, -0.25) is 4.79 Å². The Morgan fingerprint density at radius 1 is 1.19 bits per heavy atom. The van der Waals surface area contributed by atoms with Crippen molar-refractivity contribution >= 4 is 17.4 Å². The summed E-state index contributed by atoms with van der Waals surface area (Å²) >= 11 is 5.64.